The first-order valence-electron chi connectivity index (χ1n) is 8.77. The molecule has 0 saturated heterocycles. The number of rotatable bonds is 5. The normalized spacial score (nSPS) is 14.3. The molecule has 0 bridgehead atoms. The molecule has 2 heterocycles. The summed E-state index contributed by atoms with van der Waals surface area (Å²) in [5, 5.41) is 9.85. The van der Waals surface area contributed by atoms with Crippen LogP contribution in [0.4, 0.5) is 0 Å². The summed E-state index contributed by atoms with van der Waals surface area (Å²) in [6.45, 7) is 3.68. The van der Waals surface area contributed by atoms with E-state index in [1.165, 1.54) is 0 Å². The van der Waals surface area contributed by atoms with E-state index in [9.17, 15) is 14.9 Å². The zero-order valence-corrected chi connectivity index (χ0v) is 14.8. The van der Waals surface area contributed by atoms with Gasteiger partial charge < -0.3 is 14.0 Å². The Labute approximate surface area is 150 Å². The van der Waals surface area contributed by atoms with Gasteiger partial charge in [0.15, 0.2) is 5.69 Å². The molecule has 2 aromatic rings. The van der Waals surface area contributed by atoms with Gasteiger partial charge in [0, 0.05) is 12.2 Å². The van der Waals surface area contributed by atoms with Gasteiger partial charge in [-0.1, -0.05) is 12.8 Å². The molecule has 8 nitrogen and oxygen atoms in total. The molecule has 1 saturated carbocycles. The number of carbonyl (C=O) groups excluding carboxylic acids is 2. The predicted octanol–water partition coefficient (Wildman–Crippen LogP) is 2.77. The second-order valence-electron chi connectivity index (χ2n) is 6.04. The molecule has 0 aromatic carbocycles. The van der Waals surface area contributed by atoms with Gasteiger partial charge in [-0.2, -0.15) is 5.26 Å². The van der Waals surface area contributed by atoms with Crippen LogP contribution >= 0.6 is 0 Å². The lowest BCUT2D eigenvalue weighted by Gasteiger charge is -2.13. The number of carbonyl (C=O) groups is 2. The van der Waals surface area contributed by atoms with Crippen molar-refractivity contribution in [1.29, 1.82) is 5.26 Å². The van der Waals surface area contributed by atoms with Crippen molar-refractivity contribution < 1.29 is 19.1 Å². The van der Waals surface area contributed by atoms with Crippen molar-refractivity contribution in [2.24, 2.45) is 0 Å². The highest BCUT2D eigenvalue weighted by Crippen LogP contribution is 2.34. The van der Waals surface area contributed by atoms with E-state index in [0.29, 0.717) is 16.6 Å². The van der Waals surface area contributed by atoms with E-state index in [1.807, 2.05) is 4.57 Å². The Morgan fingerprint density at radius 1 is 1.19 bits per heavy atom. The third-order valence-electron chi connectivity index (χ3n) is 4.44. The maximum Gasteiger partial charge on any atom is 0.376 e. The first-order chi connectivity index (χ1) is 12.6. The number of nitrogens with zero attached hydrogens (tertiary/aromatic N) is 4. The fourth-order valence-corrected chi connectivity index (χ4v) is 3.33. The smallest absolute Gasteiger partial charge is 0.376 e. The lowest BCUT2D eigenvalue weighted by Crippen LogP contribution is -2.16. The van der Waals surface area contributed by atoms with Gasteiger partial charge >= 0.3 is 11.9 Å². The molecule has 1 aliphatic carbocycles. The highest BCUT2D eigenvalue weighted by Gasteiger charge is 2.28. The third kappa shape index (κ3) is 3.12. The number of nitriles is 1. The highest BCUT2D eigenvalue weighted by molar-refractivity contribution is 6.04. The fraction of sp³-hybridized carbons (Fsp3) is 0.500. The summed E-state index contributed by atoms with van der Waals surface area (Å²) in [7, 11) is 0. The number of ether oxygens (including phenoxy) is 2. The fourth-order valence-electron chi connectivity index (χ4n) is 3.33. The highest BCUT2D eigenvalue weighted by atomic mass is 16.5. The lowest BCUT2D eigenvalue weighted by molar-refractivity contribution is 0.0507. The van der Waals surface area contributed by atoms with Crippen LogP contribution in [0.25, 0.3) is 11.0 Å². The monoisotopic (exact) mass is 356 g/mol. The molecule has 8 heteroatoms. The summed E-state index contributed by atoms with van der Waals surface area (Å²) in [4.78, 5) is 33.0. The quantitative estimate of drug-likeness (QED) is 0.758. The molecular weight excluding hydrogens is 336 g/mol. The summed E-state index contributed by atoms with van der Waals surface area (Å²) in [5.74, 6) is -1.60. The number of hydrogen-bond donors (Lipinski definition) is 0. The summed E-state index contributed by atoms with van der Waals surface area (Å²) in [6, 6.07) is 2.28. The van der Waals surface area contributed by atoms with Gasteiger partial charge in [-0.15, -0.1) is 0 Å². The molecule has 0 N–H and O–H groups in total. The van der Waals surface area contributed by atoms with Crippen LogP contribution in [0.3, 0.4) is 0 Å². The Kier molecular flexibility index (Phi) is 5.16. The van der Waals surface area contributed by atoms with Crippen molar-refractivity contribution in [3.8, 4) is 6.07 Å². The summed E-state index contributed by atoms with van der Waals surface area (Å²) in [6.07, 6.45) is 5.79. The Morgan fingerprint density at radius 2 is 1.85 bits per heavy atom. The van der Waals surface area contributed by atoms with Crippen molar-refractivity contribution in [3.05, 3.63) is 23.3 Å². The minimum absolute atomic E-state index is 0.0757. The minimum Gasteiger partial charge on any atom is -0.461 e. The molecule has 0 atom stereocenters. The van der Waals surface area contributed by atoms with E-state index in [2.05, 4.69) is 16.0 Å². The molecule has 1 fully saturated rings. The van der Waals surface area contributed by atoms with E-state index in [1.54, 1.807) is 20.0 Å². The maximum atomic E-state index is 12.4. The minimum atomic E-state index is -0.711. The SMILES string of the molecule is CCOC(=O)c1nc(C(=O)OCC)c2c(C#N)cn(C3CCCC3)c2n1. The number of hydrogen-bond acceptors (Lipinski definition) is 7. The van der Waals surface area contributed by atoms with Crippen LogP contribution in [-0.2, 0) is 9.47 Å². The molecule has 1 aliphatic rings. The van der Waals surface area contributed by atoms with Crippen LogP contribution in [0.2, 0.25) is 0 Å². The molecule has 0 unspecified atom stereocenters. The Hall–Kier alpha value is -2.95. The van der Waals surface area contributed by atoms with E-state index in [0.717, 1.165) is 25.7 Å². The number of aromatic nitrogens is 3. The van der Waals surface area contributed by atoms with Gasteiger partial charge in [0.25, 0.3) is 0 Å². The zero-order chi connectivity index (χ0) is 18.7. The zero-order valence-electron chi connectivity index (χ0n) is 14.8. The van der Waals surface area contributed by atoms with Gasteiger partial charge in [-0.3, -0.25) is 0 Å². The van der Waals surface area contributed by atoms with Crippen LogP contribution in [0, 0.1) is 11.3 Å². The number of fused-ring (bicyclic) bond motifs is 1. The molecule has 3 rings (SSSR count). The van der Waals surface area contributed by atoms with E-state index < -0.39 is 11.9 Å². The van der Waals surface area contributed by atoms with Crippen LogP contribution in [0.5, 0.6) is 0 Å². The van der Waals surface area contributed by atoms with Crippen LogP contribution in [0.1, 0.15) is 72.2 Å². The van der Waals surface area contributed by atoms with E-state index in [4.69, 9.17) is 9.47 Å². The first kappa shape index (κ1) is 17.9. The van der Waals surface area contributed by atoms with Gasteiger partial charge in [0.1, 0.15) is 11.7 Å². The van der Waals surface area contributed by atoms with Crippen molar-refractivity contribution in [2.45, 2.75) is 45.6 Å². The Balaban J connectivity index is 2.26. The second-order valence-corrected chi connectivity index (χ2v) is 6.04. The van der Waals surface area contributed by atoms with Crippen LogP contribution < -0.4 is 0 Å². The number of esters is 2. The standard InChI is InChI=1S/C18H20N4O4/c1-3-25-17(23)14-13-11(9-19)10-22(12-7-5-6-8-12)16(13)21-15(20-14)18(24)26-4-2/h10,12H,3-8H2,1-2H3. The van der Waals surface area contributed by atoms with Crippen molar-refractivity contribution >= 4 is 23.0 Å². The summed E-state index contributed by atoms with van der Waals surface area (Å²) >= 11 is 0. The van der Waals surface area contributed by atoms with Crippen molar-refractivity contribution in [3.63, 3.8) is 0 Å². The topological polar surface area (TPSA) is 107 Å². The Morgan fingerprint density at radius 3 is 2.46 bits per heavy atom. The van der Waals surface area contributed by atoms with Crippen LogP contribution in [-0.4, -0.2) is 39.7 Å². The van der Waals surface area contributed by atoms with Crippen molar-refractivity contribution in [1.82, 2.24) is 14.5 Å². The van der Waals surface area contributed by atoms with Crippen molar-refractivity contribution in [2.75, 3.05) is 13.2 Å². The average molecular weight is 356 g/mol. The van der Waals surface area contributed by atoms with Gasteiger partial charge in [0.2, 0.25) is 5.82 Å². The van der Waals surface area contributed by atoms with Gasteiger partial charge in [0.05, 0.1) is 24.2 Å². The first-order valence-corrected chi connectivity index (χ1v) is 8.77. The summed E-state index contributed by atoms with van der Waals surface area (Å²) < 4.78 is 11.9. The molecule has 2 aromatic heterocycles. The molecule has 136 valence electrons. The molecule has 0 radical (unpaired) electrons. The van der Waals surface area contributed by atoms with E-state index >= 15 is 0 Å². The third-order valence-corrected chi connectivity index (χ3v) is 4.44. The van der Waals surface area contributed by atoms with E-state index in [-0.39, 0.29) is 30.8 Å². The molecule has 0 aliphatic heterocycles. The molecule has 0 amide bonds. The predicted molar refractivity (Wildman–Crippen MR) is 91.7 cm³/mol. The Bertz CT molecular complexity index is 891. The second kappa shape index (κ2) is 7.52. The van der Waals surface area contributed by atoms with Gasteiger partial charge in [-0.25, -0.2) is 19.6 Å². The molecule has 26 heavy (non-hydrogen) atoms. The van der Waals surface area contributed by atoms with Crippen LogP contribution in [0.15, 0.2) is 6.20 Å². The summed E-state index contributed by atoms with van der Waals surface area (Å²) in [5.41, 5.74) is 0.619. The van der Waals surface area contributed by atoms with Gasteiger partial charge in [-0.05, 0) is 26.7 Å². The molecular formula is C18H20N4O4. The molecule has 0 spiro atoms. The largest absolute Gasteiger partial charge is 0.461 e. The lowest BCUT2D eigenvalue weighted by atomic mass is 10.2. The maximum absolute atomic E-state index is 12.4. The average Bonchev–Trinajstić information content (AvgIpc) is 3.28.